The molecule has 170 valence electrons. The minimum absolute atomic E-state index is 0.549. The van der Waals surface area contributed by atoms with Gasteiger partial charge in [0.1, 0.15) is 6.17 Å². The number of hydrogen-bond acceptors (Lipinski definition) is 2. The quantitative estimate of drug-likeness (QED) is 0.223. The highest BCUT2D eigenvalue weighted by Gasteiger charge is 2.24. The summed E-state index contributed by atoms with van der Waals surface area (Å²) in [6, 6.07) is 10.9. The van der Waals surface area contributed by atoms with Crippen molar-refractivity contribution in [1.29, 1.82) is 0 Å². The van der Waals surface area contributed by atoms with E-state index in [1.807, 2.05) is 0 Å². The minimum atomic E-state index is 0.549. The second-order valence-electron chi connectivity index (χ2n) is 9.15. The summed E-state index contributed by atoms with van der Waals surface area (Å²) in [4.78, 5) is 5.03. The van der Waals surface area contributed by atoms with Crippen molar-refractivity contribution < 1.29 is 0 Å². The lowest BCUT2D eigenvalue weighted by molar-refractivity contribution is 0.139. The van der Waals surface area contributed by atoms with Gasteiger partial charge in [0.15, 0.2) is 0 Å². The molecular formula is C28H48N2. The fourth-order valence-electron chi connectivity index (χ4n) is 4.68. The molecule has 1 heterocycles. The molecule has 0 bridgehead atoms. The number of unbranched alkanes of at least 4 members (excludes halogenated alkanes) is 13. The summed E-state index contributed by atoms with van der Waals surface area (Å²) < 4.78 is 0. The normalized spacial score (nSPS) is 16.0. The smallest absolute Gasteiger partial charge is 0.101 e. The average molecular weight is 413 g/mol. The molecule has 0 fully saturated rings. The lowest BCUT2D eigenvalue weighted by Gasteiger charge is -2.32. The Morgan fingerprint density at radius 2 is 1.10 bits per heavy atom. The Morgan fingerprint density at radius 3 is 1.63 bits per heavy atom. The summed E-state index contributed by atoms with van der Waals surface area (Å²) in [6.45, 7) is 6.70. The van der Waals surface area contributed by atoms with Crippen LogP contribution in [-0.4, -0.2) is 22.5 Å². The predicted octanol–water partition coefficient (Wildman–Crippen LogP) is 8.49. The van der Waals surface area contributed by atoms with Crippen molar-refractivity contribution in [3.05, 3.63) is 48.3 Å². The van der Waals surface area contributed by atoms with Gasteiger partial charge in [-0.25, -0.2) is 0 Å². The highest BCUT2D eigenvalue weighted by atomic mass is 15.4. The monoisotopic (exact) mass is 412 g/mol. The highest BCUT2D eigenvalue weighted by molar-refractivity contribution is 5.15. The van der Waals surface area contributed by atoms with E-state index in [2.05, 4.69) is 66.4 Å². The van der Waals surface area contributed by atoms with E-state index in [0.717, 1.165) is 13.1 Å². The number of nitrogens with zero attached hydrogens (tertiary/aromatic N) is 2. The first-order chi connectivity index (χ1) is 14.8. The van der Waals surface area contributed by atoms with Gasteiger partial charge >= 0.3 is 0 Å². The average Bonchev–Trinajstić information content (AvgIpc) is 3.16. The molecule has 1 aromatic rings. The van der Waals surface area contributed by atoms with Crippen molar-refractivity contribution in [2.75, 3.05) is 6.54 Å². The van der Waals surface area contributed by atoms with Crippen LogP contribution in [0.2, 0.25) is 0 Å². The third kappa shape index (κ3) is 10.0. The standard InChI is InChI=1S/C28H48N2/c1-3-5-6-7-8-9-10-11-12-13-14-15-16-20-23-28-29(4-2)24-25-30(28)26-27-21-18-17-19-22-27/h17-19,21-22,24-25,28H,3-16,20,23,26H2,1-2H3. The van der Waals surface area contributed by atoms with Crippen LogP contribution < -0.4 is 0 Å². The zero-order valence-electron chi connectivity index (χ0n) is 20.0. The molecule has 0 spiro atoms. The lowest BCUT2D eigenvalue weighted by atomic mass is 10.0. The number of hydrogen-bond donors (Lipinski definition) is 0. The first kappa shape index (κ1) is 24.8. The van der Waals surface area contributed by atoms with Crippen LogP contribution in [0.15, 0.2) is 42.7 Å². The van der Waals surface area contributed by atoms with E-state index in [4.69, 9.17) is 0 Å². The Labute approximate surface area is 187 Å². The summed E-state index contributed by atoms with van der Waals surface area (Å²) in [7, 11) is 0. The molecule has 30 heavy (non-hydrogen) atoms. The lowest BCUT2D eigenvalue weighted by Crippen LogP contribution is -2.38. The van der Waals surface area contributed by atoms with Gasteiger partial charge in [-0.1, -0.05) is 121 Å². The Hall–Kier alpha value is -1.44. The molecule has 0 N–H and O–H groups in total. The zero-order valence-corrected chi connectivity index (χ0v) is 20.0. The van der Waals surface area contributed by atoms with Crippen molar-refractivity contribution in [2.45, 2.75) is 123 Å². The van der Waals surface area contributed by atoms with Crippen LogP contribution >= 0.6 is 0 Å². The van der Waals surface area contributed by atoms with E-state index in [0.29, 0.717) is 6.17 Å². The van der Waals surface area contributed by atoms with E-state index in [9.17, 15) is 0 Å². The topological polar surface area (TPSA) is 6.48 Å². The van der Waals surface area contributed by atoms with Crippen LogP contribution in [0.4, 0.5) is 0 Å². The molecule has 0 saturated carbocycles. The van der Waals surface area contributed by atoms with E-state index >= 15 is 0 Å². The summed E-state index contributed by atoms with van der Waals surface area (Å²) in [6.07, 6.45) is 26.5. The first-order valence-corrected chi connectivity index (χ1v) is 13.1. The van der Waals surface area contributed by atoms with Crippen LogP contribution in [0.25, 0.3) is 0 Å². The van der Waals surface area contributed by atoms with Crippen LogP contribution in [0, 0.1) is 0 Å². The third-order valence-electron chi connectivity index (χ3n) is 6.60. The van der Waals surface area contributed by atoms with Crippen molar-refractivity contribution in [3.8, 4) is 0 Å². The zero-order chi connectivity index (χ0) is 21.3. The molecule has 1 unspecified atom stereocenters. The first-order valence-electron chi connectivity index (χ1n) is 13.1. The van der Waals surface area contributed by atoms with Crippen molar-refractivity contribution in [1.82, 2.24) is 9.80 Å². The third-order valence-corrected chi connectivity index (χ3v) is 6.60. The van der Waals surface area contributed by atoms with E-state index in [1.165, 1.54) is 102 Å². The van der Waals surface area contributed by atoms with Gasteiger partial charge in [-0.15, -0.1) is 0 Å². The predicted molar refractivity (Wildman–Crippen MR) is 132 cm³/mol. The summed E-state index contributed by atoms with van der Waals surface area (Å²) in [5.74, 6) is 0. The van der Waals surface area contributed by atoms with Crippen molar-refractivity contribution in [2.24, 2.45) is 0 Å². The Kier molecular flexibility index (Phi) is 13.5. The summed E-state index contributed by atoms with van der Waals surface area (Å²) in [5, 5.41) is 0. The largest absolute Gasteiger partial charge is 0.356 e. The van der Waals surface area contributed by atoms with Crippen LogP contribution in [0.1, 0.15) is 116 Å². The van der Waals surface area contributed by atoms with E-state index in [-0.39, 0.29) is 0 Å². The number of benzene rings is 1. The fraction of sp³-hybridized carbons (Fsp3) is 0.714. The van der Waals surface area contributed by atoms with Gasteiger partial charge in [-0.05, 0) is 25.3 Å². The van der Waals surface area contributed by atoms with Gasteiger partial charge in [0.2, 0.25) is 0 Å². The molecule has 2 rings (SSSR count). The molecular weight excluding hydrogens is 364 g/mol. The maximum atomic E-state index is 2.53. The molecule has 0 aliphatic carbocycles. The van der Waals surface area contributed by atoms with E-state index in [1.54, 1.807) is 0 Å². The maximum Gasteiger partial charge on any atom is 0.101 e. The van der Waals surface area contributed by atoms with Crippen molar-refractivity contribution in [3.63, 3.8) is 0 Å². The molecule has 1 aliphatic heterocycles. The Bertz CT molecular complexity index is 539. The van der Waals surface area contributed by atoms with E-state index < -0.39 is 0 Å². The molecule has 1 atom stereocenters. The molecule has 0 amide bonds. The molecule has 0 aromatic heterocycles. The molecule has 0 saturated heterocycles. The molecule has 0 radical (unpaired) electrons. The molecule has 1 aromatic carbocycles. The minimum Gasteiger partial charge on any atom is -0.356 e. The second-order valence-corrected chi connectivity index (χ2v) is 9.15. The van der Waals surface area contributed by atoms with Crippen molar-refractivity contribution >= 4 is 0 Å². The van der Waals surface area contributed by atoms with Crippen LogP contribution in [-0.2, 0) is 6.54 Å². The van der Waals surface area contributed by atoms with Gasteiger partial charge in [0, 0.05) is 25.5 Å². The van der Waals surface area contributed by atoms with Gasteiger partial charge in [-0.3, -0.25) is 0 Å². The maximum absolute atomic E-state index is 2.53. The SMILES string of the molecule is CCCCCCCCCCCCCCCCC1N(CC)C=CN1Cc1ccccc1. The highest BCUT2D eigenvalue weighted by Crippen LogP contribution is 2.23. The molecule has 2 heteroatoms. The molecule has 2 nitrogen and oxygen atoms in total. The van der Waals surface area contributed by atoms with Crippen LogP contribution in [0.3, 0.4) is 0 Å². The second kappa shape index (κ2) is 16.3. The van der Waals surface area contributed by atoms with Gasteiger partial charge in [-0.2, -0.15) is 0 Å². The summed E-state index contributed by atoms with van der Waals surface area (Å²) in [5.41, 5.74) is 1.41. The number of rotatable bonds is 18. The van der Waals surface area contributed by atoms with Crippen LogP contribution in [0.5, 0.6) is 0 Å². The van der Waals surface area contributed by atoms with Gasteiger partial charge in [0.05, 0.1) is 0 Å². The molecule has 1 aliphatic rings. The van der Waals surface area contributed by atoms with Gasteiger partial charge < -0.3 is 9.80 Å². The fourth-order valence-corrected chi connectivity index (χ4v) is 4.68. The Balaban J connectivity index is 1.48. The Morgan fingerprint density at radius 1 is 0.600 bits per heavy atom. The summed E-state index contributed by atoms with van der Waals surface area (Å²) >= 11 is 0. The van der Waals surface area contributed by atoms with Gasteiger partial charge in [0.25, 0.3) is 0 Å².